The molecule has 1 atom stereocenters. The van der Waals surface area contributed by atoms with Crippen molar-refractivity contribution in [3.8, 4) is 0 Å². The Labute approximate surface area is 193 Å². The smallest absolute Gasteiger partial charge is 0.273 e. The molecule has 32 heavy (non-hydrogen) atoms. The van der Waals surface area contributed by atoms with Crippen LogP contribution in [-0.2, 0) is 11.3 Å². The van der Waals surface area contributed by atoms with Crippen molar-refractivity contribution < 1.29 is 9.59 Å². The van der Waals surface area contributed by atoms with Crippen molar-refractivity contribution in [2.24, 2.45) is 17.3 Å². The van der Waals surface area contributed by atoms with Crippen molar-refractivity contribution in [3.05, 3.63) is 30.0 Å². The van der Waals surface area contributed by atoms with Crippen LogP contribution in [0.4, 0.5) is 0 Å². The van der Waals surface area contributed by atoms with Crippen LogP contribution in [0, 0.1) is 17.3 Å². The lowest BCUT2D eigenvalue weighted by atomic mass is 9.84. The summed E-state index contributed by atoms with van der Waals surface area (Å²) in [6.45, 7) is 10.5. The second-order valence-corrected chi connectivity index (χ2v) is 11.0. The molecule has 1 amide bonds. The largest absolute Gasteiger partial charge is 0.340 e. The molecule has 2 saturated carbocycles. The van der Waals surface area contributed by atoms with Crippen molar-refractivity contribution in [1.82, 2.24) is 15.1 Å². The van der Waals surface area contributed by atoms with Gasteiger partial charge in [0.15, 0.2) is 11.5 Å². The number of benzene rings is 1. The minimum absolute atomic E-state index is 0.0388. The summed E-state index contributed by atoms with van der Waals surface area (Å²) < 4.78 is 2.00. The number of carbonyl (C=O) groups is 2. The quantitative estimate of drug-likeness (QED) is 0.568. The highest BCUT2D eigenvalue weighted by Crippen LogP contribution is 2.28. The number of Topliss-reactive ketones (excluding diaryl/α,β-unsaturated/α-hetero) is 1. The van der Waals surface area contributed by atoms with Gasteiger partial charge >= 0.3 is 0 Å². The Morgan fingerprint density at radius 3 is 2.19 bits per heavy atom. The third-order valence-corrected chi connectivity index (χ3v) is 6.69. The summed E-state index contributed by atoms with van der Waals surface area (Å²) in [5.41, 5.74) is 1.06. The molecule has 1 aromatic heterocycles. The third-order valence-electron chi connectivity index (χ3n) is 6.69. The monoisotopic (exact) mass is 439 g/mol. The first-order valence-corrected chi connectivity index (χ1v) is 12.4. The number of para-hydroxylation sites is 1. The number of amides is 1. The third kappa shape index (κ3) is 6.66. The van der Waals surface area contributed by atoms with Gasteiger partial charge in [0.25, 0.3) is 5.91 Å². The normalized spacial score (nSPS) is 18.4. The highest BCUT2D eigenvalue weighted by atomic mass is 16.2. The minimum atomic E-state index is -0.536. The Hall–Kier alpha value is -2.17. The second kappa shape index (κ2) is 10.6. The first kappa shape index (κ1) is 24.5. The van der Waals surface area contributed by atoms with E-state index < -0.39 is 6.04 Å². The van der Waals surface area contributed by atoms with Crippen LogP contribution in [0.25, 0.3) is 10.9 Å². The van der Waals surface area contributed by atoms with Crippen LogP contribution in [0.2, 0.25) is 0 Å². The number of carbonyl (C=O) groups excluding carboxylic acids is 2. The SMILES string of the molecule is CC(=O)C(NC(=O)c1nn(CC2CCCCCC2)c2ccccc12)C(C)(C)C.CC1CC1. The molecule has 5 nitrogen and oxygen atoms in total. The van der Waals surface area contributed by atoms with Crippen LogP contribution in [0.5, 0.6) is 0 Å². The fourth-order valence-corrected chi connectivity index (χ4v) is 4.52. The van der Waals surface area contributed by atoms with Crippen molar-refractivity contribution in [2.45, 2.75) is 98.6 Å². The molecule has 1 heterocycles. The molecule has 5 heteroatoms. The lowest BCUT2D eigenvalue weighted by molar-refractivity contribution is -0.121. The molecule has 2 fully saturated rings. The number of nitrogens with zero attached hydrogens (tertiary/aromatic N) is 2. The van der Waals surface area contributed by atoms with Crippen LogP contribution in [0.3, 0.4) is 0 Å². The Kier molecular flexibility index (Phi) is 8.13. The molecule has 1 N–H and O–H groups in total. The highest BCUT2D eigenvalue weighted by Gasteiger charge is 2.31. The number of hydrogen-bond donors (Lipinski definition) is 1. The Balaban J connectivity index is 0.000000650. The summed E-state index contributed by atoms with van der Waals surface area (Å²) in [6, 6.07) is 7.36. The van der Waals surface area contributed by atoms with Gasteiger partial charge in [0.05, 0.1) is 11.6 Å². The lowest BCUT2D eigenvalue weighted by Gasteiger charge is -2.29. The number of fused-ring (bicyclic) bond motifs is 1. The average Bonchev–Trinajstić information content (AvgIpc) is 3.49. The molecule has 176 valence electrons. The summed E-state index contributed by atoms with van der Waals surface area (Å²) in [6.07, 6.45) is 10.6. The van der Waals surface area contributed by atoms with Gasteiger partial charge in [0, 0.05) is 11.9 Å². The molecular weight excluding hydrogens is 398 g/mol. The zero-order valence-corrected chi connectivity index (χ0v) is 20.6. The van der Waals surface area contributed by atoms with Crippen molar-refractivity contribution >= 4 is 22.6 Å². The fraction of sp³-hybridized carbons (Fsp3) is 0.667. The number of nitrogens with one attached hydrogen (secondary N) is 1. The molecule has 0 radical (unpaired) electrons. The van der Waals surface area contributed by atoms with E-state index in [2.05, 4.69) is 12.2 Å². The number of rotatable bonds is 5. The van der Waals surface area contributed by atoms with Gasteiger partial charge in [-0.2, -0.15) is 5.10 Å². The van der Waals surface area contributed by atoms with E-state index >= 15 is 0 Å². The average molecular weight is 440 g/mol. The van der Waals surface area contributed by atoms with E-state index in [0.29, 0.717) is 11.6 Å². The first-order chi connectivity index (χ1) is 15.2. The van der Waals surface area contributed by atoms with Gasteiger partial charge in [-0.15, -0.1) is 0 Å². The highest BCUT2D eigenvalue weighted by molar-refractivity contribution is 6.06. The summed E-state index contributed by atoms with van der Waals surface area (Å²) in [5.74, 6) is 1.38. The summed E-state index contributed by atoms with van der Waals surface area (Å²) >= 11 is 0. The molecule has 0 bridgehead atoms. The predicted octanol–water partition coefficient (Wildman–Crippen LogP) is 6.16. The summed E-state index contributed by atoms with van der Waals surface area (Å²) in [4.78, 5) is 25.1. The van der Waals surface area contributed by atoms with E-state index in [1.54, 1.807) is 0 Å². The van der Waals surface area contributed by atoms with Gasteiger partial charge in [0.2, 0.25) is 0 Å². The zero-order chi connectivity index (χ0) is 23.3. The van der Waals surface area contributed by atoms with Crippen molar-refractivity contribution in [1.29, 1.82) is 0 Å². The molecule has 1 aromatic carbocycles. The van der Waals surface area contributed by atoms with E-state index in [4.69, 9.17) is 5.10 Å². The van der Waals surface area contributed by atoms with Crippen LogP contribution < -0.4 is 5.32 Å². The zero-order valence-electron chi connectivity index (χ0n) is 20.6. The molecule has 0 spiro atoms. The lowest BCUT2D eigenvalue weighted by Crippen LogP contribution is -2.48. The van der Waals surface area contributed by atoms with Gasteiger partial charge in [-0.3, -0.25) is 14.3 Å². The topological polar surface area (TPSA) is 64.0 Å². The molecule has 1 unspecified atom stereocenters. The van der Waals surface area contributed by atoms with E-state index in [1.165, 1.54) is 58.3 Å². The van der Waals surface area contributed by atoms with Crippen LogP contribution in [-0.4, -0.2) is 27.5 Å². The van der Waals surface area contributed by atoms with Gasteiger partial charge in [0.1, 0.15) is 0 Å². The van der Waals surface area contributed by atoms with E-state index in [-0.39, 0.29) is 17.1 Å². The Bertz CT molecular complexity index is 913. The van der Waals surface area contributed by atoms with Gasteiger partial charge < -0.3 is 5.32 Å². The maximum Gasteiger partial charge on any atom is 0.273 e. The molecule has 2 aliphatic carbocycles. The van der Waals surface area contributed by atoms with Crippen molar-refractivity contribution in [2.75, 3.05) is 0 Å². The van der Waals surface area contributed by atoms with Crippen LogP contribution in [0.15, 0.2) is 24.3 Å². The van der Waals surface area contributed by atoms with Gasteiger partial charge in [-0.05, 0) is 43.1 Å². The second-order valence-electron chi connectivity index (χ2n) is 11.0. The van der Waals surface area contributed by atoms with Crippen LogP contribution in [0.1, 0.15) is 96.5 Å². The summed E-state index contributed by atoms with van der Waals surface area (Å²) in [5, 5.41) is 8.48. The van der Waals surface area contributed by atoms with Crippen LogP contribution >= 0.6 is 0 Å². The maximum atomic E-state index is 13.0. The molecule has 0 aliphatic heterocycles. The van der Waals surface area contributed by atoms with Gasteiger partial charge in [-0.1, -0.05) is 84.4 Å². The summed E-state index contributed by atoms with van der Waals surface area (Å²) in [7, 11) is 0. The Morgan fingerprint density at radius 2 is 1.66 bits per heavy atom. The molecule has 0 saturated heterocycles. The minimum Gasteiger partial charge on any atom is -0.340 e. The number of hydrogen-bond acceptors (Lipinski definition) is 3. The Morgan fingerprint density at radius 1 is 1.06 bits per heavy atom. The first-order valence-electron chi connectivity index (χ1n) is 12.4. The fourth-order valence-electron chi connectivity index (χ4n) is 4.52. The number of ketones is 1. The number of aromatic nitrogens is 2. The van der Waals surface area contributed by atoms with Crippen molar-refractivity contribution in [3.63, 3.8) is 0 Å². The molecule has 2 aromatic rings. The standard InChI is InChI=1S/C23H33N3O2.C4H8/c1-16(27)21(23(2,3)4)24-22(28)20-18-13-9-10-14-19(18)26(25-20)15-17-11-7-5-6-8-12-17;1-4-2-3-4/h9-10,13-14,17,21H,5-8,11-12,15H2,1-4H3,(H,24,28);4H,2-3H2,1H3. The predicted molar refractivity (Wildman–Crippen MR) is 131 cm³/mol. The van der Waals surface area contributed by atoms with E-state index in [1.807, 2.05) is 49.7 Å². The van der Waals surface area contributed by atoms with Gasteiger partial charge in [-0.25, -0.2) is 0 Å². The molecule has 2 aliphatic rings. The molecule has 4 rings (SSSR count). The van der Waals surface area contributed by atoms with E-state index in [0.717, 1.165) is 23.4 Å². The van der Waals surface area contributed by atoms with E-state index in [9.17, 15) is 9.59 Å². The molecular formula is C27H41N3O2. The maximum absolute atomic E-state index is 13.0.